The molecule has 0 radical (unpaired) electrons. The molecule has 2 aromatic carbocycles. The van der Waals surface area contributed by atoms with Gasteiger partial charge in [0.15, 0.2) is 0 Å². The summed E-state index contributed by atoms with van der Waals surface area (Å²) in [7, 11) is 0. The SMILES string of the molecule is O=C(Nc1ccc(Br)cc1Cl)c1ccccc1OC1CCC1. The number of nitrogens with one attached hydrogen (secondary N) is 1. The Morgan fingerprint density at radius 3 is 2.68 bits per heavy atom. The highest BCUT2D eigenvalue weighted by atomic mass is 79.9. The lowest BCUT2D eigenvalue weighted by atomic mass is 9.96. The van der Waals surface area contributed by atoms with E-state index >= 15 is 0 Å². The summed E-state index contributed by atoms with van der Waals surface area (Å²) in [6.45, 7) is 0. The van der Waals surface area contributed by atoms with Crippen LogP contribution < -0.4 is 10.1 Å². The van der Waals surface area contributed by atoms with Gasteiger partial charge in [0.1, 0.15) is 5.75 Å². The minimum Gasteiger partial charge on any atom is -0.490 e. The van der Waals surface area contributed by atoms with E-state index in [1.807, 2.05) is 24.3 Å². The van der Waals surface area contributed by atoms with Gasteiger partial charge < -0.3 is 10.1 Å². The van der Waals surface area contributed by atoms with E-state index in [9.17, 15) is 4.79 Å². The van der Waals surface area contributed by atoms with Crippen LogP contribution in [0.3, 0.4) is 0 Å². The molecule has 1 amide bonds. The molecule has 0 aromatic heterocycles. The van der Waals surface area contributed by atoms with Crippen molar-refractivity contribution in [1.29, 1.82) is 0 Å². The van der Waals surface area contributed by atoms with E-state index in [1.54, 1.807) is 18.2 Å². The molecular formula is C17H15BrClNO2. The van der Waals surface area contributed by atoms with E-state index in [4.69, 9.17) is 16.3 Å². The third-order valence-corrected chi connectivity index (χ3v) is 4.46. The van der Waals surface area contributed by atoms with Gasteiger partial charge in [-0.15, -0.1) is 0 Å². The minimum atomic E-state index is -0.223. The maximum absolute atomic E-state index is 12.5. The van der Waals surface area contributed by atoms with Crippen molar-refractivity contribution in [3.63, 3.8) is 0 Å². The number of hydrogen-bond donors (Lipinski definition) is 1. The zero-order chi connectivity index (χ0) is 15.5. The Labute approximate surface area is 142 Å². The number of amides is 1. The number of carbonyl (C=O) groups excluding carboxylic acids is 1. The smallest absolute Gasteiger partial charge is 0.259 e. The Morgan fingerprint density at radius 1 is 1.23 bits per heavy atom. The van der Waals surface area contributed by atoms with Crippen LogP contribution in [0.15, 0.2) is 46.9 Å². The van der Waals surface area contributed by atoms with Crippen LogP contribution in [0.4, 0.5) is 5.69 Å². The standard InChI is InChI=1S/C17H15BrClNO2/c18-11-8-9-15(14(19)10-11)20-17(21)13-6-1-2-7-16(13)22-12-4-3-5-12/h1-2,6-10,12H,3-5H2,(H,20,21). The lowest BCUT2D eigenvalue weighted by Crippen LogP contribution is -2.26. The van der Waals surface area contributed by atoms with Gasteiger partial charge in [-0.2, -0.15) is 0 Å². The summed E-state index contributed by atoms with van der Waals surface area (Å²) in [6.07, 6.45) is 3.52. The van der Waals surface area contributed by atoms with Gasteiger partial charge in [0.05, 0.1) is 22.4 Å². The highest BCUT2D eigenvalue weighted by molar-refractivity contribution is 9.10. The lowest BCUT2D eigenvalue weighted by Gasteiger charge is -2.27. The number of para-hydroxylation sites is 1. The van der Waals surface area contributed by atoms with E-state index in [2.05, 4.69) is 21.2 Å². The second-order valence-electron chi connectivity index (χ2n) is 5.25. The second-order valence-corrected chi connectivity index (χ2v) is 6.57. The fraction of sp³-hybridized carbons (Fsp3) is 0.235. The molecule has 1 saturated carbocycles. The average Bonchev–Trinajstić information content (AvgIpc) is 2.46. The first-order valence-electron chi connectivity index (χ1n) is 7.15. The van der Waals surface area contributed by atoms with Crippen LogP contribution in [-0.2, 0) is 0 Å². The molecule has 2 aromatic rings. The van der Waals surface area contributed by atoms with Crippen molar-refractivity contribution >= 4 is 39.1 Å². The van der Waals surface area contributed by atoms with Crippen molar-refractivity contribution in [3.05, 3.63) is 57.5 Å². The monoisotopic (exact) mass is 379 g/mol. The maximum atomic E-state index is 12.5. The molecule has 1 aliphatic rings. The van der Waals surface area contributed by atoms with Gasteiger partial charge in [-0.1, -0.05) is 39.7 Å². The van der Waals surface area contributed by atoms with E-state index in [0.29, 0.717) is 22.0 Å². The van der Waals surface area contributed by atoms with Gasteiger partial charge in [0, 0.05) is 4.47 Å². The van der Waals surface area contributed by atoms with E-state index in [0.717, 1.165) is 17.3 Å². The van der Waals surface area contributed by atoms with Gasteiger partial charge in [0.25, 0.3) is 5.91 Å². The Balaban J connectivity index is 1.79. The molecule has 22 heavy (non-hydrogen) atoms. The van der Waals surface area contributed by atoms with Crippen molar-refractivity contribution in [2.45, 2.75) is 25.4 Å². The summed E-state index contributed by atoms with van der Waals surface area (Å²) in [5.74, 6) is 0.400. The van der Waals surface area contributed by atoms with Crippen molar-refractivity contribution in [2.75, 3.05) is 5.32 Å². The van der Waals surface area contributed by atoms with Gasteiger partial charge in [-0.25, -0.2) is 0 Å². The third kappa shape index (κ3) is 3.45. The molecule has 0 aliphatic heterocycles. The van der Waals surface area contributed by atoms with Crippen LogP contribution in [0.2, 0.25) is 5.02 Å². The number of benzene rings is 2. The van der Waals surface area contributed by atoms with Crippen molar-refractivity contribution in [2.24, 2.45) is 0 Å². The molecule has 0 saturated heterocycles. The quantitative estimate of drug-likeness (QED) is 0.783. The fourth-order valence-electron chi connectivity index (χ4n) is 2.21. The number of ether oxygens (including phenoxy) is 1. The topological polar surface area (TPSA) is 38.3 Å². The van der Waals surface area contributed by atoms with E-state index in [1.165, 1.54) is 6.42 Å². The average molecular weight is 381 g/mol. The molecule has 3 nitrogen and oxygen atoms in total. The number of halogens is 2. The molecule has 1 fully saturated rings. The predicted octanol–water partition coefficient (Wildman–Crippen LogP) is 5.29. The van der Waals surface area contributed by atoms with Crippen LogP contribution in [0.5, 0.6) is 5.75 Å². The van der Waals surface area contributed by atoms with E-state index in [-0.39, 0.29) is 12.0 Å². The lowest BCUT2D eigenvalue weighted by molar-refractivity contribution is 0.0992. The number of rotatable bonds is 4. The summed E-state index contributed by atoms with van der Waals surface area (Å²) in [4.78, 5) is 12.5. The van der Waals surface area contributed by atoms with Crippen LogP contribution in [0, 0.1) is 0 Å². The molecule has 5 heteroatoms. The molecular weight excluding hydrogens is 366 g/mol. The van der Waals surface area contributed by atoms with Crippen LogP contribution in [0.25, 0.3) is 0 Å². The molecule has 1 N–H and O–H groups in total. The summed E-state index contributed by atoms with van der Waals surface area (Å²) in [5.41, 5.74) is 1.10. The number of anilines is 1. The Kier molecular flexibility index (Phi) is 4.69. The van der Waals surface area contributed by atoms with E-state index < -0.39 is 0 Å². The molecule has 0 atom stereocenters. The zero-order valence-electron chi connectivity index (χ0n) is 11.8. The summed E-state index contributed by atoms with van der Waals surface area (Å²) in [5, 5.41) is 3.32. The summed E-state index contributed by atoms with van der Waals surface area (Å²) < 4.78 is 6.75. The first kappa shape index (κ1) is 15.4. The van der Waals surface area contributed by atoms with Crippen LogP contribution >= 0.6 is 27.5 Å². The van der Waals surface area contributed by atoms with Gasteiger partial charge in [-0.3, -0.25) is 4.79 Å². The third-order valence-electron chi connectivity index (χ3n) is 3.66. The number of hydrogen-bond acceptors (Lipinski definition) is 2. The van der Waals surface area contributed by atoms with Gasteiger partial charge >= 0.3 is 0 Å². The maximum Gasteiger partial charge on any atom is 0.259 e. The van der Waals surface area contributed by atoms with Gasteiger partial charge in [0.2, 0.25) is 0 Å². The summed E-state index contributed by atoms with van der Waals surface area (Å²) in [6, 6.07) is 12.6. The first-order chi connectivity index (χ1) is 10.6. The van der Waals surface area contributed by atoms with Crippen molar-refractivity contribution < 1.29 is 9.53 Å². The molecule has 0 heterocycles. The highest BCUT2D eigenvalue weighted by Crippen LogP contribution is 2.30. The Morgan fingerprint density at radius 2 is 2.00 bits per heavy atom. The Hall–Kier alpha value is -1.52. The Bertz CT molecular complexity index is 701. The molecule has 0 unspecified atom stereocenters. The zero-order valence-corrected chi connectivity index (χ0v) is 14.2. The fourth-order valence-corrected chi connectivity index (χ4v) is 2.93. The van der Waals surface area contributed by atoms with Crippen molar-refractivity contribution in [3.8, 4) is 5.75 Å². The summed E-state index contributed by atoms with van der Waals surface area (Å²) >= 11 is 9.48. The van der Waals surface area contributed by atoms with Crippen LogP contribution in [-0.4, -0.2) is 12.0 Å². The normalized spacial score (nSPS) is 14.3. The second kappa shape index (κ2) is 6.71. The first-order valence-corrected chi connectivity index (χ1v) is 8.32. The molecule has 0 spiro atoms. The minimum absolute atomic E-state index is 0.223. The largest absolute Gasteiger partial charge is 0.490 e. The number of carbonyl (C=O) groups is 1. The molecule has 1 aliphatic carbocycles. The van der Waals surface area contributed by atoms with Crippen molar-refractivity contribution in [1.82, 2.24) is 0 Å². The highest BCUT2D eigenvalue weighted by Gasteiger charge is 2.22. The van der Waals surface area contributed by atoms with Crippen LogP contribution in [0.1, 0.15) is 29.6 Å². The molecule has 114 valence electrons. The predicted molar refractivity (Wildman–Crippen MR) is 91.8 cm³/mol. The molecule has 3 rings (SSSR count). The van der Waals surface area contributed by atoms with Gasteiger partial charge in [-0.05, 0) is 49.6 Å². The molecule has 0 bridgehead atoms.